The van der Waals surface area contributed by atoms with Crippen molar-refractivity contribution in [3.05, 3.63) is 35.5 Å². The average molecular weight is 246 g/mol. The molecule has 0 spiro atoms. The molecule has 18 heavy (non-hydrogen) atoms. The Balaban J connectivity index is 1.92. The van der Waals surface area contributed by atoms with Crippen LogP contribution in [0.25, 0.3) is 0 Å². The van der Waals surface area contributed by atoms with Crippen molar-refractivity contribution in [2.75, 3.05) is 5.32 Å². The van der Waals surface area contributed by atoms with Crippen LogP contribution >= 0.6 is 0 Å². The number of rotatable bonds is 2. The first-order valence-electron chi connectivity index (χ1n) is 6.20. The molecule has 1 aliphatic rings. The van der Waals surface area contributed by atoms with E-state index in [0.29, 0.717) is 5.69 Å². The monoisotopic (exact) mass is 246 g/mol. The van der Waals surface area contributed by atoms with E-state index >= 15 is 0 Å². The lowest BCUT2D eigenvalue weighted by atomic mass is 10.2. The number of aromatic hydroxyl groups is 1. The topological polar surface area (TPSA) is 61.4 Å². The van der Waals surface area contributed by atoms with E-state index in [1.807, 2.05) is 6.92 Å². The first-order valence-corrected chi connectivity index (χ1v) is 6.20. The molecule has 96 valence electrons. The van der Waals surface area contributed by atoms with E-state index in [1.165, 1.54) is 18.4 Å². The average Bonchev–Trinajstić information content (AvgIpc) is 2.83. The standard InChI is InChI=1S/C14H18N2O2/c1-10-8-12(17)6-7-13(10)16-14(18)15-9-11-4-2-3-5-11/h6-9,17H,2-5H2,1H3,(H2,15,16,18). The van der Waals surface area contributed by atoms with Crippen molar-refractivity contribution in [1.82, 2.24) is 5.32 Å². The van der Waals surface area contributed by atoms with Crippen LogP contribution in [0.3, 0.4) is 0 Å². The van der Waals surface area contributed by atoms with Gasteiger partial charge in [-0.05, 0) is 56.4 Å². The van der Waals surface area contributed by atoms with Gasteiger partial charge in [-0.1, -0.05) is 5.57 Å². The highest BCUT2D eigenvalue weighted by molar-refractivity contribution is 5.90. The number of hydrogen-bond acceptors (Lipinski definition) is 2. The lowest BCUT2D eigenvalue weighted by molar-refractivity contribution is 0.255. The van der Waals surface area contributed by atoms with Gasteiger partial charge in [0.25, 0.3) is 0 Å². The molecule has 0 heterocycles. The van der Waals surface area contributed by atoms with Crippen LogP contribution in [0.4, 0.5) is 10.5 Å². The Labute approximate surface area is 107 Å². The van der Waals surface area contributed by atoms with Gasteiger partial charge in [-0.3, -0.25) is 0 Å². The summed E-state index contributed by atoms with van der Waals surface area (Å²) < 4.78 is 0. The Morgan fingerprint density at radius 2 is 2.06 bits per heavy atom. The number of aryl methyl sites for hydroxylation is 1. The molecule has 3 N–H and O–H groups in total. The van der Waals surface area contributed by atoms with Crippen LogP contribution in [0.2, 0.25) is 0 Å². The molecule has 4 heteroatoms. The first kappa shape index (κ1) is 12.5. The molecule has 1 aromatic carbocycles. The maximum atomic E-state index is 11.7. The zero-order valence-electron chi connectivity index (χ0n) is 10.5. The van der Waals surface area contributed by atoms with Gasteiger partial charge in [-0.2, -0.15) is 0 Å². The third-order valence-electron chi connectivity index (χ3n) is 3.11. The molecule has 0 atom stereocenters. The highest BCUT2D eigenvalue weighted by Crippen LogP contribution is 2.23. The summed E-state index contributed by atoms with van der Waals surface area (Å²) in [5.41, 5.74) is 2.83. The smallest absolute Gasteiger partial charge is 0.323 e. The summed E-state index contributed by atoms with van der Waals surface area (Å²) in [7, 11) is 0. The fourth-order valence-electron chi connectivity index (χ4n) is 2.09. The third kappa shape index (κ3) is 3.26. The van der Waals surface area contributed by atoms with Gasteiger partial charge >= 0.3 is 6.03 Å². The van der Waals surface area contributed by atoms with Gasteiger partial charge in [0.2, 0.25) is 0 Å². The Morgan fingerprint density at radius 1 is 1.33 bits per heavy atom. The molecule has 0 aromatic heterocycles. The van der Waals surface area contributed by atoms with E-state index in [1.54, 1.807) is 24.4 Å². The Bertz CT molecular complexity index is 473. The molecule has 0 unspecified atom stereocenters. The van der Waals surface area contributed by atoms with Crippen molar-refractivity contribution in [3.8, 4) is 5.75 Å². The van der Waals surface area contributed by atoms with Gasteiger partial charge in [-0.15, -0.1) is 0 Å². The molecule has 2 rings (SSSR count). The second kappa shape index (κ2) is 5.58. The van der Waals surface area contributed by atoms with Crippen molar-refractivity contribution in [3.63, 3.8) is 0 Å². The third-order valence-corrected chi connectivity index (χ3v) is 3.11. The molecule has 4 nitrogen and oxygen atoms in total. The normalized spacial score (nSPS) is 14.4. The van der Waals surface area contributed by atoms with Gasteiger partial charge in [0.05, 0.1) is 0 Å². The van der Waals surface area contributed by atoms with Crippen molar-refractivity contribution in [1.29, 1.82) is 0 Å². The van der Waals surface area contributed by atoms with E-state index in [2.05, 4.69) is 10.6 Å². The number of phenols is 1. The summed E-state index contributed by atoms with van der Waals surface area (Å²) in [6, 6.07) is 4.61. The predicted octanol–water partition coefficient (Wildman–Crippen LogP) is 3.28. The molecule has 1 aliphatic carbocycles. The molecule has 1 fully saturated rings. The van der Waals surface area contributed by atoms with E-state index in [9.17, 15) is 9.90 Å². The number of amides is 2. The van der Waals surface area contributed by atoms with Crippen LogP contribution in [0.15, 0.2) is 30.0 Å². The predicted molar refractivity (Wildman–Crippen MR) is 71.5 cm³/mol. The number of hydrogen-bond donors (Lipinski definition) is 3. The summed E-state index contributed by atoms with van der Waals surface area (Å²) in [5, 5.41) is 14.8. The second-order valence-electron chi connectivity index (χ2n) is 4.61. The number of carbonyl (C=O) groups excluding carboxylic acids is 1. The molecule has 0 bridgehead atoms. The number of anilines is 1. The number of nitrogens with one attached hydrogen (secondary N) is 2. The molecule has 2 amide bonds. The van der Waals surface area contributed by atoms with Crippen molar-refractivity contribution in [2.24, 2.45) is 0 Å². The van der Waals surface area contributed by atoms with Crippen LogP contribution in [0, 0.1) is 6.92 Å². The Hall–Kier alpha value is -1.97. The first-order chi connectivity index (χ1) is 8.65. The quantitative estimate of drug-likeness (QED) is 0.701. The largest absolute Gasteiger partial charge is 0.508 e. The Morgan fingerprint density at radius 3 is 2.72 bits per heavy atom. The molecule has 1 saturated carbocycles. The van der Waals surface area contributed by atoms with E-state index in [4.69, 9.17) is 0 Å². The zero-order valence-corrected chi connectivity index (χ0v) is 10.5. The number of carbonyl (C=O) groups is 1. The molecule has 0 radical (unpaired) electrons. The SMILES string of the molecule is Cc1cc(O)ccc1NC(=O)NC=C1CCCC1. The summed E-state index contributed by atoms with van der Waals surface area (Å²) in [4.78, 5) is 11.7. The molecular weight excluding hydrogens is 228 g/mol. The van der Waals surface area contributed by atoms with Crippen LogP contribution in [0.1, 0.15) is 31.2 Å². The lowest BCUT2D eigenvalue weighted by Crippen LogP contribution is -2.24. The van der Waals surface area contributed by atoms with Crippen molar-refractivity contribution in [2.45, 2.75) is 32.6 Å². The van der Waals surface area contributed by atoms with E-state index in [-0.39, 0.29) is 11.8 Å². The van der Waals surface area contributed by atoms with Gasteiger partial charge < -0.3 is 15.7 Å². The summed E-state index contributed by atoms with van der Waals surface area (Å²) in [6.45, 7) is 1.84. The molecule has 0 aliphatic heterocycles. The van der Waals surface area contributed by atoms with Crippen LogP contribution < -0.4 is 10.6 Å². The lowest BCUT2D eigenvalue weighted by Gasteiger charge is -2.08. The van der Waals surface area contributed by atoms with E-state index < -0.39 is 0 Å². The zero-order chi connectivity index (χ0) is 13.0. The van der Waals surface area contributed by atoms with Crippen molar-refractivity contribution < 1.29 is 9.90 Å². The second-order valence-corrected chi connectivity index (χ2v) is 4.61. The molecular formula is C14H18N2O2. The van der Waals surface area contributed by atoms with Gasteiger partial charge in [0.15, 0.2) is 0 Å². The van der Waals surface area contributed by atoms with Crippen LogP contribution in [-0.4, -0.2) is 11.1 Å². The van der Waals surface area contributed by atoms with E-state index in [0.717, 1.165) is 18.4 Å². The maximum Gasteiger partial charge on any atom is 0.323 e. The maximum absolute atomic E-state index is 11.7. The minimum atomic E-state index is -0.247. The number of allylic oxidation sites excluding steroid dienone is 1. The summed E-state index contributed by atoms with van der Waals surface area (Å²) in [6.07, 6.45) is 6.40. The summed E-state index contributed by atoms with van der Waals surface area (Å²) >= 11 is 0. The number of benzene rings is 1. The highest BCUT2D eigenvalue weighted by Gasteiger charge is 2.07. The summed E-state index contributed by atoms with van der Waals surface area (Å²) in [5.74, 6) is 0.200. The fourth-order valence-corrected chi connectivity index (χ4v) is 2.09. The van der Waals surface area contributed by atoms with Gasteiger partial charge in [-0.25, -0.2) is 4.79 Å². The van der Waals surface area contributed by atoms with Crippen LogP contribution in [-0.2, 0) is 0 Å². The van der Waals surface area contributed by atoms with Gasteiger partial charge in [0.1, 0.15) is 5.75 Å². The molecule has 0 saturated heterocycles. The number of phenolic OH excluding ortho intramolecular Hbond substituents is 1. The number of urea groups is 1. The fraction of sp³-hybridized carbons (Fsp3) is 0.357. The minimum Gasteiger partial charge on any atom is -0.508 e. The highest BCUT2D eigenvalue weighted by atomic mass is 16.3. The molecule has 1 aromatic rings. The van der Waals surface area contributed by atoms with Crippen molar-refractivity contribution >= 4 is 11.7 Å². The van der Waals surface area contributed by atoms with Gasteiger partial charge in [0, 0.05) is 11.9 Å². The minimum absolute atomic E-state index is 0.200. The Kier molecular flexibility index (Phi) is 3.87. The van der Waals surface area contributed by atoms with Crippen LogP contribution in [0.5, 0.6) is 5.75 Å².